The van der Waals surface area contributed by atoms with Crippen molar-refractivity contribution in [3.63, 3.8) is 0 Å². The van der Waals surface area contributed by atoms with Crippen LogP contribution in [-0.4, -0.2) is 33.2 Å². The fourth-order valence-corrected chi connectivity index (χ4v) is 3.48. The second kappa shape index (κ2) is 8.75. The number of hydrogen-bond donors (Lipinski definition) is 1. The number of aryl methyl sites for hydroxylation is 1. The summed E-state index contributed by atoms with van der Waals surface area (Å²) in [5.41, 5.74) is 2.95. The van der Waals surface area contributed by atoms with Crippen molar-refractivity contribution in [2.45, 2.75) is 47.6 Å². The molecule has 0 aliphatic heterocycles. The molecule has 7 nitrogen and oxygen atoms in total. The molecule has 0 fully saturated rings. The zero-order chi connectivity index (χ0) is 19.3. The lowest BCUT2D eigenvalue weighted by atomic mass is 10.1. The number of carbonyl (C=O) groups is 2. The quantitative estimate of drug-likeness (QED) is 0.591. The molecule has 1 N–H and O–H groups in total. The SMILES string of the molecule is CCOC(=O)c1c(C=CC(=O)Nc2nnc(CC)s2)c(C)n(CC)c1C. The van der Waals surface area contributed by atoms with Gasteiger partial charge >= 0.3 is 5.97 Å². The van der Waals surface area contributed by atoms with Gasteiger partial charge in [-0.1, -0.05) is 18.3 Å². The fourth-order valence-electron chi connectivity index (χ4n) is 2.80. The molecule has 0 unspecified atom stereocenters. The highest BCUT2D eigenvalue weighted by molar-refractivity contribution is 7.15. The van der Waals surface area contributed by atoms with Crippen molar-refractivity contribution >= 4 is 34.4 Å². The molecule has 140 valence electrons. The second-order valence-corrected chi connectivity index (χ2v) is 6.66. The molecule has 2 aromatic rings. The molecule has 0 bridgehead atoms. The van der Waals surface area contributed by atoms with Gasteiger partial charge in [-0.25, -0.2) is 4.79 Å². The Balaban J connectivity index is 2.27. The minimum absolute atomic E-state index is 0.301. The van der Waals surface area contributed by atoms with Crippen LogP contribution in [-0.2, 0) is 22.5 Å². The highest BCUT2D eigenvalue weighted by atomic mass is 32.1. The molecule has 1 amide bonds. The summed E-state index contributed by atoms with van der Waals surface area (Å²) in [5, 5.41) is 11.9. The van der Waals surface area contributed by atoms with Crippen LogP contribution in [0.3, 0.4) is 0 Å². The van der Waals surface area contributed by atoms with E-state index in [0.717, 1.165) is 29.4 Å². The summed E-state index contributed by atoms with van der Waals surface area (Å²) in [6.07, 6.45) is 3.82. The molecular weight excluding hydrogens is 352 g/mol. The molecule has 2 heterocycles. The Bertz CT molecular complexity index is 836. The molecule has 0 atom stereocenters. The number of amides is 1. The molecule has 0 aliphatic rings. The van der Waals surface area contributed by atoms with Gasteiger partial charge in [-0.15, -0.1) is 10.2 Å². The van der Waals surface area contributed by atoms with Crippen LogP contribution in [0.2, 0.25) is 0 Å². The Hall–Kier alpha value is -2.48. The number of esters is 1. The van der Waals surface area contributed by atoms with Crippen molar-refractivity contribution < 1.29 is 14.3 Å². The van der Waals surface area contributed by atoms with Crippen molar-refractivity contribution in [2.24, 2.45) is 0 Å². The largest absolute Gasteiger partial charge is 0.462 e. The summed E-state index contributed by atoms with van der Waals surface area (Å²) in [6, 6.07) is 0. The second-order valence-electron chi connectivity index (χ2n) is 5.60. The summed E-state index contributed by atoms with van der Waals surface area (Å²) >= 11 is 1.34. The number of aromatic nitrogens is 3. The summed E-state index contributed by atoms with van der Waals surface area (Å²) in [5.74, 6) is -0.697. The maximum absolute atomic E-state index is 12.4. The van der Waals surface area contributed by atoms with Crippen molar-refractivity contribution in [1.29, 1.82) is 0 Å². The first-order valence-electron chi connectivity index (χ1n) is 8.61. The first-order valence-corrected chi connectivity index (χ1v) is 9.42. The van der Waals surface area contributed by atoms with Gasteiger partial charge in [-0.3, -0.25) is 10.1 Å². The van der Waals surface area contributed by atoms with E-state index in [-0.39, 0.29) is 11.9 Å². The van der Waals surface area contributed by atoms with Gasteiger partial charge < -0.3 is 9.30 Å². The number of anilines is 1. The Labute approximate surface area is 157 Å². The van der Waals surface area contributed by atoms with Crippen LogP contribution >= 0.6 is 11.3 Å². The van der Waals surface area contributed by atoms with E-state index in [9.17, 15) is 9.59 Å². The zero-order valence-corrected chi connectivity index (χ0v) is 16.6. The number of carbonyl (C=O) groups excluding carboxylic acids is 2. The molecule has 2 rings (SSSR count). The fraction of sp³-hybridized carbons (Fsp3) is 0.444. The monoisotopic (exact) mass is 376 g/mol. The van der Waals surface area contributed by atoms with Gasteiger partial charge in [0.15, 0.2) is 0 Å². The lowest BCUT2D eigenvalue weighted by molar-refractivity contribution is -0.111. The number of hydrogen-bond acceptors (Lipinski definition) is 6. The van der Waals surface area contributed by atoms with Crippen LogP contribution in [0.15, 0.2) is 6.08 Å². The molecule has 0 aliphatic carbocycles. The first-order chi connectivity index (χ1) is 12.4. The van der Waals surface area contributed by atoms with E-state index in [1.165, 1.54) is 17.4 Å². The summed E-state index contributed by atoms with van der Waals surface area (Å²) < 4.78 is 7.21. The maximum Gasteiger partial charge on any atom is 0.340 e. The third-order valence-electron chi connectivity index (χ3n) is 4.03. The number of nitrogens with zero attached hydrogens (tertiary/aromatic N) is 3. The number of nitrogens with one attached hydrogen (secondary N) is 1. The minimum atomic E-state index is -0.378. The normalized spacial score (nSPS) is 11.1. The van der Waals surface area contributed by atoms with Gasteiger partial charge in [-0.2, -0.15) is 0 Å². The average molecular weight is 376 g/mol. The molecule has 8 heteroatoms. The summed E-state index contributed by atoms with van der Waals surface area (Å²) in [4.78, 5) is 24.5. The lowest BCUT2D eigenvalue weighted by Crippen LogP contribution is -2.09. The van der Waals surface area contributed by atoms with Crippen LogP contribution in [0.5, 0.6) is 0 Å². The van der Waals surface area contributed by atoms with E-state index in [4.69, 9.17) is 4.74 Å². The van der Waals surface area contributed by atoms with E-state index in [1.807, 2.05) is 32.3 Å². The Morgan fingerprint density at radius 2 is 1.92 bits per heavy atom. The Kier molecular flexibility index (Phi) is 6.68. The van der Waals surface area contributed by atoms with E-state index >= 15 is 0 Å². The molecule has 26 heavy (non-hydrogen) atoms. The topological polar surface area (TPSA) is 86.1 Å². The van der Waals surface area contributed by atoms with Crippen LogP contribution in [0.4, 0.5) is 5.13 Å². The van der Waals surface area contributed by atoms with E-state index in [0.29, 0.717) is 22.9 Å². The Morgan fingerprint density at radius 3 is 2.50 bits per heavy atom. The molecule has 0 saturated heterocycles. The lowest BCUT2D eigenvalue weighted by Gasteiger charge is -2.05. The van der Waals surface area contributed by atoms with E-state index in [2.05, 4.69) is 15.5 Å². The summed E-state index contributed by atoms with van der Waals surface area (Å²) in [6.45, 7) is 10.6. The van der Waals surface area contributed by atoms with E-state index < -0.39 is 0 Å². The highest BCUT2D eigenvalue weighted by Crippen LogP contribution is 2.25. The van der Waals surface area contributed by atoms with Crippen LogP contribution in [0, 0.1) is 13.8 Å². The first kappa shape index (κ1) is 19.8. The molecular formula is C18H24N4O3S. The van der Waals surface area contributed by atoms with Crippen molar-refractivity contribution in [3.05, 3.63) is 33.6 Å². The van der Waals surface area contributed by atoms with Crippen molar-refractivity contribution in [3.8, 4) is 0 Å². The standard InChI is InChI=1S/C18H24N4O3S/c1-6-15-20-21-18(26-15)19-14(23)10-9-13-11(4)22(7-2)12(5)16(13)17(24)25-8-3/h9-10H,6-8H2,1-5H3,(H,19,21,23). The molecule has 0 spiro atoms. The van der Waals surface area contributed by atoms with E-state index in [1.54, 1.807) is 13.0 Å². The van der Waals surface area contributed by atoms with Gasteiger partial charge in [0.1, 0.15) is 5.01 Å². The van der Waals surface area contributed by atoms with Gasteiger partial charge in [-0.05, 0) is 40.2 Å². The van der Waals surface area contributed by atoms with Gasteiger partial charge in [0.05, 0.1) is 12.2 Å². The third-order valence-corrected chi connectivity index (χ3v) is 5.01. The van der Waals surface area contributed by atoms with Crippen LogP contribution in [0.25, 0.3) is 6.08 Å². The van der Waals surface area contributed by atoms with Crippen LogP contribution < -0.4 is 5.32 Å². The van der Waals surface area contributed by atoms with Gasteiger partial charge in [0, 0.05) is 29.6 Å². The van der Waals surface area contributed by atoms with Gasteiger partial charge in [0.2, 0.25) is 11.0 Å². The predicted molar refractivity (Wildman–Crippen MR) is 102 cm³/mol. The molecule has 0 aromatic carbocycles. The van der Waals surface area contributed by atoms with Crippen molar-refractivity contribution in [2.75, 3.05) is 11.9 Å². The summed E-state index contributed by atoms with van der Waals surface area (Å²) in [7, 11) is 0. The predicted octanol–water partition coefficient (Wildman–Crippen LogP) is 3.37. The number of ether oxygens (including phenoxy) is 1. The smallest absolute Gasteiger partial charge is 0.340 e. The molecule has 2 aromatic heterocycles. The number of rotatable bonds is 7. The third kappa shape index (κ3) is 4.19. The molecule has 0 saturated carbocycles. The Morgan fingerprint density at radius 1 is 1.19 bits per heavy atom. The minimum Gasteiger partial charge on any atom is -0.462 e. The van der Waals surface area contributed by atoms with Crippen LogP contribution in [0.1, 0.15) is 53.1 Å². The van der Waals surface area contributed by atoms with Gasteiger partial charge in [0.25, 0.3) is 0 Å². The van der Waals surface area contributed by atoms with Crippen molar-refractivity contribution in [1.82, 2.24) is 14.8 Å². The molecule has 0 radical (unpaired) electrons. The maximum atomic E-state index is 12.4. The average Bonchev–Trinajstić information content (AvgIpc) is 3.15. The zero-order valence-electron chi connectivity index (χ0n) is 15.8. The highest BCUT2D eigenvalue weighted by Gasteiger charge is 2.22.